The third-order valence-corrected chi connectivity index (χ3v) is 2.79. The fourth-order valence-corrected chi connectivity index (χ4v) is 2.09. The lowest BCUT2D eigenvalue weighted by molar-refractivity contribution is 0.741. The van der Waals surface area contributed by atoms with Crippen LogP contribution in [0, 0.1) is 0 Å². The molecular formula is C13H18N2. The monoisotopic (exact) mass is 202 g/mol. The van der Waals surface area contributed by atoms with E-state index in [1.807, 2.05) is 0 Å². The largest absolute Gasteiger partial charge is 0.348 e. The van der Waals surface area contributed by atoms with Gasteiger partial charge in [0.05, 0.1) is 0 Å². The van der Waals surface area contributed by atoms with Crippen LogP contribution in [0.4, 0.5) is 0 Å². The van der Waals surface area contributed by atoms with Crippen LogP contribution in [0.2, 0.25) is 0 Å². The molecule has 0 saturated heterocycles. The molecule has 2 rings (SSSR count). The predicted octanol–water partition coefficient (Wildman–Crippen LogP) is 2.55. The Bertz CT molecular complexity index is 455. The maximum Gasteiger partial charge on any atom is 0.0482 e. The number of rotatable bonds is 3. The quantitative estimate of drug-likeness (QED) is 0.814. The summed E-state index contributed by atoms with van der Waals surface area (Å²) in [5, 5.41) is 1.34. The lowest BCUT2D eigenvalue weighted by Crippen LogP contribution is -2.17. The minimum atomic E-state index is 0.223. The maximum atomic E-state index is 5.85. The molecule has 0 saturated carbocycles. The van der Waals surface area contributed by atoms with Crippen LogP contribution in [0.15, 0.2) is 30.5 Å². The fourth-order valence-electron chi connectivity index (χ4n) is 2.09. The topological polar surface area (TPSA) is 30.9 Å². The van der Waals surface area contributed by atoms with Crippen molar-refractivity contribution in [3.63, 3.8) is 0 Å². The van der Waals surface area contributed by atoms with Gasteiger partial charge in [-0.25, -0.2) is 0 Å². The summed E-state index contributed by atoms with van der Waals surface area (Å²) in [5.41, 5.74) is 8.52. The van der Waals surface area contributed by atoms with Gasteiger partial charge in [0.15, 0.2) is 0 Å². The molecule has 0 aliphatic carbocycles. The first-order valence-electron chi connectivity index (χ1n) is 5.54. The van der Waals surface area contributed by atoms with E-state index in [9.17, 15) is 0 Å². The molecular weight excluding hydrogens is 184 g/mol. The summed E-state index contributed by atoms with van der Waals surface area (Å²) in [4.78, 5) is 0. The Morgan fingerprint density at radius 1 is 1.33 bits per heavy atom. The van der Waals surface area contributed by atoms with E-state index in [1.54, 1.807) is 0 Å². The molecule has 1 unspecified atom stereocenters. The Hall–Kier alpha value is -1.28. The highest BCUT2D eigenvalue weighted by atomic mass is 14.9. The van der Waals surface area contributed by atoms with Gasteiger partial charge >= 0.3 is 0 Å². The molecule has 1 heterocycles. The Morgan fingerprint density at radius 3 is 2.80 bits per heavy atom. The van der Waals surface area contributed by atoms with Crippen LogP contribution in [-0.4, -0.2) is 10.6 Å². The minimum absolute atomic E-state index is 0.223. The van der Waals surface area contributed by atoms with Crippen molar-refractivity contribution in [2.45, 2.75) is 32.9 Å². The van der Waals surface area contributed by atoms with Crippen molar-refractivity contribution in [1.82, 2.24) is 4.57 Å². The zero-order valence-corrected chi connectivity index (χ0v) is 9.40. The summed E-state index contributed by atoms with van der Waals surface area (Å²) in [6.07, 6.45) is 3.10. The average Bonchev–Trinajstić information content (AvgIpc) is 2.61. The molecule has 0 radical (unpaired) electrons. The molecule has 2 aromatic rings. The maximum absolute atomic E-state index is 5.85. The second-order valence-electron chi connectivity index (χ2n) is 4.13. The summed E-state index contributed by atoms with van der Waals surface area (Å²) < 4.78 is 2.26. The molecule has 1 aromatic carbocycles. The van der Waals surface area contributed by atoms with Gasteiger partial charge in [-0.1, -0.05) is 12.1 Å². The van der Waals surface area contributed by atoms with Crippen molar-refractivity contribution in [2.75, 3.05) is 0 Å². The molecule has 0 amide bonds. The van der Waals surface area contributed by atoms with E-state index >= 15 is 0 Å². The Morgan fingerprint density at radius 2 is 2.13 bits per heavy atom. The van der Waals surface area contributed by atoms with Gasteiger partial charge in [-0.15, -0.1) is 0 Å². The lowest BCUT2D eigenvalue weighted by atomic mass is 10.0. The molecule has 15 heavy (non-hydrogen) atoms. The predicted molar refractivity (Wildman–Crippen MR) is 65.0 cm³/mol. The van der Waals surface area contributed by atoms with Crippen LogP contribution in [-0.2, 0) is 13.0 Å². The van der Waals surface area contributed by atoms with Crippen LogP contribution in [0.25, 0.3) is 10.9 Å². The van der Waals surface area contributed by atoms with E-state index in [0.29, 0.717) is 0 Å². The summed E-state index contributed by atoms with van der Waals surface area (Å²) in [6, 6.07) is 8.87. The number of fused-ring (bicyclic) bond motifs is 1. The second kappa shape index (κ2) is 4.07. The van der Waals surface area contributed by atoms with Gasteiger partial charge in [-0.3, -0.25) is 0 Å². The van der Waals surface area contributed by atoms with E-state index in [4.69, 9.17) is 5.73 Å². The third kappa shape index (κ3) is 1.90. The van der Waals surface area contributed by atoms with Gasteiger partial charge in [0.25, 0.3) is 0 Å². The number of hydrogen-bond donors (Lipinski definition) is 1. The second-order valence-corrected chi connectivity index (χ2v) is 4.13. The molecule has 0 aliphatic rings. The molecule has 2 N–H and O–H groups in total. The summed E-state index contributed by atoms with van der Waals surface area (Å²) in [7, 11) is 0. The Labute approximate surface area is 90.7 Å². The van der Waals surface area contributed by atoms with E-state index in [1.165, 1.54) is 16.5 Å². The Kier molecular flexibility index (Phi) is 2.78. The van der Waals surface area contributed by atoms with Crippen LogP contribution < -0.4 is 5.73 Å². The van der Waals surface area contributed by atoms with Crippen molar-refractivity contribution in [1.29, 1.82) is 0 Å². The standard InChI is InChI=1S/C13H18N2/c1-3-15-8-7-12-11(9-10(2)14)5-4-6-13(12)15/h4-8,10H,3,9,14H2,1-2H3. The normalized spacial score (nSPS) is 13.3. The van der Waals surface area contributed by atoms with Crippen LogP contribution >= 0.6 is 0 Å². The molecule has 80 valence electrons. The van der Waals surface area contributed by atoms with Gasteiger partial charge in [0.1, 0.15) is 0 Å². The van der Waals surface area contributed by atoms with Gasteiger partial charge in [0, 0.05) is 29.7 Å². The zero-order valence-electron chi connectivity index (χ0n) is 9.40. The molecule has 1 aromatic heterocycles. The number of nitrogens with zero attached hydrogens (tertiary/aromatic N) is 1. The third-order valence-electron chi connectivity index (χ3n) is 2.79. The number of nitrogens with two attached hydrogens (primary N) is 1. The van der Waals surface area contributed by atoms with Crippen LogP contribution in [0.3, 0.4) is 0 Å². The highest BCUT2D eigenvalue weighted by Crippen LogP contribution is 2.21. The lowest BCUT2D eigenvalue weighted by Gasteiger charge is -2.07. The summed E-state index contributed by atoms with van der Waals surface area (Å²) in [5.74, 6) is 0. The van der Waals surface area contributed by atoms with E-state index in [2.05, 4.69) is 48.9 Å². The zero-order chi connectivity index (χ0) is 10.8. The van der Waals surface area contributed by atoms with Crippen molar-refractivity contribution in [3.05, 3.63) is 36.0 Å². The van der Waals surface area contributed by atoms with E-state index < -0.39 is 0 Å². The molecule has 1 atom stereocenters. The van der Waals surface area contributed by atoms with Crippen molar-refractivity contribution in [2.24, 2.45) is 5.73 Å². The van der Waals surface area contributed by atoms with Crippen molar-refractivity contribution >= 4 is 10.9 Å². The van der Waals surface area contributed by atoms with Gasteiger partial charge in [-0.2, -0.15) is 0 Å². The van der Waals surface area contributed by atoms with E-state index in [0.717, 1.165) is 13.0 Å². The number of aryl methyl sites for hydroxylation is 1. The van der Waals surface area contributed by atoms with Gasteiger partial charge in [0.2, 0.25) is 0 Å². The summed E-state index contributed by atoms with van der Waals surface area (Å²) >= 11 is 0. The number of hydrogen-bond acceptors (Lipinski definition) is 1. The number of aromatic nitrogens is 1. The summed E-state index contributed by atoms with van der Waals surface area (Å²) in [6.45, 7) is 5.23. The fraction of sp³-hybridized carbons (Fsp3) is 0.385. The number of benzene rings is 1. The first kappa shape index (κ1) is 10.2. The van der Waals surface area contributed by atoms with Crippen LogP contribution in [0.1, 0.15) is 19.4 Å². The molecule has 0 bridgehead atoms. The van der Waals surface area contributed by atoms with Gasteiger partial charge in [-0.05, 0) is 38.0 Å². The first-order chi connectivity index (χ1) is 7.22. The van der Waals surface area contributed by atoms with Crippen molar-refractivity contribution < 1.29 is 0 Å². The van der Waals surface area contributed by atoms with Gasteiger partial charge < -0.3 is 10.3 Å². The highest BCUT2D eigenvalue weighted by molar-refractivity contribution is 5.83. The van der Waals surface area contributed by atoms with Crippen LogP contribution in [0.5, 0.6) is 0 Å². The molecule has 2 heteroatoms. The average molecular weight is 202 g/mol. The molecule has 0 spiro atoms. The van der Waals surface area contributed by atoms with E-state index in [-0.39, 0.29) is 6.04 Å². The highest BCUT2D eigenvalue weighted by Gasteiger charge is 2.05. The first-order valence-corrected chi connectivity index (χ1v) is 5.54. The SMILES string of the molecule is CCn1ccc2c(CC(C)N)cccc21. The Balaban J connectivity index is 2.52. The minimum Gasteiger partial charge on any atom is -0.348 e. The van der Waals surface area contributed by atoms with Crippen molar-refractivity contribution in [3.8, 4) is 0 Å². The smallest absolute Gasteiger partial charge is 0.0482 e. The molecule has 0 fully saturated rings. The molecule has 2 nitrogen and oxygen atoms in total. The molecule has 0 aliphatic heterocycles.